The Balaban J connectivity index is 2.06. The Kier molecular flexibility index (Phi) is 4.08. The minimum Gasteiger partial charge on any atom is -0.478 e. The highest BCUT2D eigenvalue weighted by atomic mass is 19.1. The van der Waals surface area contributed by atoms with Gasteiger partial charge in [-0.1, -0.05) is 0 Å². The first-order valence-corrected chi connectivity index (χ1v) is 5.61. The van der Waals surface area contributed by atoms with Crippen LogP contribution in [0, 0.1) is 5.82 Å². The second-order valence-electron chi connectivity index (χ2n) is 3.92. The van der Waals surface area contributed by atoms with E-state index in [9.17, 15) is 14.0 Å². The predicted molar refractivity (Wildman–Crippen MR) is 62.5 cm³/mol. The number of hydrogen-bond acceptors (Lipinski definition) is 4. The van der Waals surface area contributed by atoms with Crippen LogP contribution in [0.1, 0.15) is 10.4 Å². The summed E-state index contributed by atoms with van der Waals surface area (Å²) in [6, 6.07) is 3.25. The summed E-state index contributed by atoms with van der Waals surface area (Å²) in [4.78, 5) is 22.4. The number of benzene rings is 1. The van der Waals surface area contributed by atoms with Gasteiger partial charge in [-0.15, -0.1) is 0 Å². The van der Waals surface area contributed by atoms with Crippen LogP contribution in [0.2, 0.25) is 0 Å². The highest BCUT2D eigenvalue weighted by Gasteiger charge is 2.23. The summed E-state index contributed by atoms with van der Waals surface area (Å²) in [7, 11) is 0. The molecule has 1 aromatic rings. The zero-order valence-electron chi connectivity index (χ0n) is 9.89. The second-order valence-corrected chi connectivity index (χ2v) is 3.92. The zero-order chi connectivity index (χ0) is 13.8. The molecule has 1 aromatic carbocycles. The van der Waals surface area contributed by atoms with Crippen LogP contribution >= 0.6 is 0 Å². The van der Waals surface area contributed by atoms with Crippen molar-refractivity contribution < 1.29 is 28.6 Å². The van der Waals surface area contributed by atoms with Gasteiger partial charge in [-0.3, -0.25) is 4.79 Å². The third kappa shape index (κ3) is 3.27. The summed E-state index contributed by atoms with van der Waals surface area (Å²) in [5, 5.41) is 11.0. The van der Waals surface area contributed by atoms with Crippen molar-refractivity contribution in [3.05, 3.63) is 29.6 Å². The fourth-order valence-corrected chi connectivity index (χ4v) is 1.60. The molecule has 0 unspecified atom stereocenters. The van der Waals surface area contributed by atoms with Crippen molar-refractivity contribution in [3.63, 3.8) is 0 Å². The number of carboxylic acids is 1. The van der Waals surface area contributed by atoms with Crippen molar-refractivity contribution in [2.75, 3.05) is 25.1 Å². The van der Waals surface area contributed by atoms with Gasteiger partial charge in [-0.2, -0.15) is 0 Å². The number of ether oxygens (including phenoxy) is 2. The van der Waals surface area contributed by atoms with Crippen LogP contribution in [0.4, 0.5) is 10.1 Å². The Morgan fingerprint density at radius 2 is 2.16 bits per heavy atom. The van der Waals surface area contributed by atoms with Gasteiger partial charge < -0.3 is 19.9 Å². The average molecular weight is 269 g/mol. The number of rotatable bonds is 3. The van der Waals surface area contributed by atoms with Crippen LogP contribution in [0.3, 0.4) is 0 Å². The first-order chi connectivity index (χ1) is 9.08. The Bertz CT molecular complexity index is 499. The Hall–Kier alpha value is -1.99. The maximum atomic E-state index is 13.6. The SMILES string of the molecule is O=C(O)c1ccc(NC(=O)[C@@H]2COCCO2)c(F)c1. The summed E-state index contributed by atoms with van der Waals surface area (Å²) in [5.74, 6) is -2.58. The first-order valence-electron chi connectivity index (χ1n) is 5.61. The third-order valence-corrected chi connectivity index (χ3v) is 2.58. The molecule has 1 saturated heterocycles. The summed E-state index contributed by atoms with van der Waals surface area (Å²) in [6.07, 6.45) is -0.785. The molecule has 0 aromatic heterocycles. The van der Waals surface area contributed by atoms with Gasteiger partial charge in [0, 0.05) is 0 Å². The number of aromatic carboxylic acids is 1. The van der Waals surface area contributed by atoms with Crippen LogP contribution in [0.5, 0.6) is 0 Å². The molecule has 0 aliphatic carbocycles. The van der Waals surface area contributed by atoms with Gasteiger partial charge in [0.05, 0.1) is 31.1 Å². The van der Waals surface area contributed by atoms with Crippen molar-refractivity contribution >= 4 is 17.6 Å². The van der Waals surface area contributed by atoms with Crippen molar-refractivity contribution in [2.45, 2.75) is 6.10 Å². The summed E-state index contributed by atoms with van der Waals surface area (Å²) in [5.41, 5.74) is -0.281. The quantitative estimate of drug-likeness (QED) is 0.850. The standard InChI is InChI=1S/C12H12FNO5/c13-8-5-7(12(16)17)1-2-9(8)14-11(15)10-6-18-3-4-19-10/h1-2,5,10H,3-4,6H2,(H,14,15)(H,16,17)/t10-/m0/s1. The van der Waals surface area contributed by atoms with E-state index in [2.05, 4.69) is 5.32 Å². The van der Waals surface area contributed by atoms with E-state index in [1.807, 2.05) is 0 Å². The molecule has 0 saturated carbocycles. The number of hydrogen-bond donors (Lipinski definition) is 2. The highest BCUT2D eigenvalue weighted by molar-refractivity contribution is 5.95. The molecule has 6 nitrogen and oxygen atoms in total. The molecule has 19 heavy (non-hydrogen) atoms. The summed E-state index contributed by atoms with van der Waals surface area (Å²) in [6.45, 7) is 0.838. The molecule has 1 aliphatic heterocycles. The Morgan fingerprint density at radius 3 is 2.74 bits per heavy atom. The predicted octanol–water partition coefficient (Wildman–Crippen LogP) is 0.878. The lowest BCUT2D eigenvalue weighted by atomic mass is 10.2. The van der Waals surface area contributed by atoms with E-state index in [1.165, 1.54) is 12.1 Å². The topological polar surface area (TPSA) is 84.9 Å². The van der Waals surface area contributed by atoms with Crippen LogP contribution in [-0.4, -0.2) is 42.9 Å². The Morgan fingerprint density at radius 1 is 1.37 bits per heavy atom. The fourth-order valence-electron chi connectivity index (χ4n) is 1.60. The van der Waals surface area contributed by atoms with Crippen molar-refractivity contribution in [1.29, 1.82) is 0 Å². The van der Waals surface area contributed by atoms with Crippen LogP contribution in [0.25, 0.3) is 0 Å². The molecule has 2 N–H and O–H groups in total. The maximum absolute atomic E-state index is 13.6. The van der Waals surface area contributed by atoms with E-state index in [-0.39, 0.29) is 17.9 Å². The molecule has 7 heteroatoms. The minimum atomic E-state index is -1.24. The first kappa shape index (κ1) is 13.4. The van der Waals surface area contributed by atoms with E-state index < -0.39 is 23.8 Å². The van der Waals surface area contributed by atoms with E-state index >= 15 is 0 Å². The molecule has 0 radical (unpaired) electrons. The number of nitrogens with one attached hydrogen (secondary N) is 1. The number of anilines is 1. The van der Waals surface area contributed by atoms with E-state index in [1.54, 1.807) is 0 Å². The number of amides is 1. The zero-order valence-corrected chi connectivity index (χ0v) is 9.89. The number of carboxylic acid groups (broad SMARTS) is 1. The molecular formula is C12H12FNO5. The van der Waals surface area contributed by atoms with E-state index in [4.69, 9.17) is 14.6 Å². The lowest BCUT2D eigenvalue weighted by molar-refractivity contribution is -0.142. The molecule has 102 valence electrons. The second kappa shape index (κ2) is 5.77. The molecular weight excluding hydrogens is 257 g/mol. The van der Waals surface area contributed by atoms with Gasteiger partial charge in [0.25, 0.3) is 5.91 Å². The average Bonchev–Trinajstić information content (AvgIpc) is 2.41. The Labute approximate surface area is 108 Å². The molecule has 1 amide bonds. The number of carbonyl (C=O) groups excluding carboxylic acids is 1. The number of carbonyl (C=O) groups is 2. The molecule has 0 spiro atoms. The molecule has 1 fully saturated rings. The minimum absolute atomic E-state index is 0.0934. The van der Waals surface area contributed by atoms with E-state index in [0.717, 1.165) is 6.07 Å². The molecule has 1 heterocycles. The fraction of sp³-hybridized carbons (Fsp3) is 0.333. The van der Waals surface area contributed by atoms with Gasteiger partial charge >= 0.3 is 5.97 Å². The van der Waals surface area contributed by atoms with Gasteiger partial charge in [0.1, 0.15) is 5.82 Å². The van der Waals surface area contributed by atoms with Gasteiger partial charge in [-0.25, -0.2) is 9.18 Å². The summed E-state index contributed by atoms with van der Waals surface area (Å²) < 4.78 is 23.8. The van der Waals surface area contributed by atoms with Gasteiger partial charge in [0.2, 0.25) is 0 Å². The van der Waals surface area contributed by atoms with Crippen LogP contribution < -0.4 is 5.32 Å². The lowest BCUT2D eigenvalue weighted by Gasteiger charge is -2.22. The van der Waals surface area contributed by atoms with Crippen molar-refractivity contribution in [1.82, 2.24) is 0 Å². The molecule has 1 atom stereocenters. The third-order valence-electron chi connectivity index (χ3n) is 2.58. The smallest absolute Gasteiger partial charge is 0.335 e. The van der Waals surface area contributed by atoms with Crippen molar-refractivity contribution in [3.8, 4) is 0 Å². The summed E-state index contributed by atoms with van der Waals surface area (Å²) >= 11 is 0. The normalized spacial score (nSPS) is 18.9. The van der Waals surface area contributed by atoms with Crippen molar-refractivity contribution in [2.24, 2.45) is 0 Å². The largest absolute Gasteiger partial charge is 0.478 e. The highest BCUT2D eigenvalue weighted by Crippen LogP contribution is 2.17. The monoisotopic (exact) mass is 269 g/mol. The lowest BCUT2D eigenvalue weighted by Crippen LogP contribution is -2.39. The van der Waals surface area contributed by atoms with Crippen LogP contribution in [-0.2, 0) is 14.3 Å². The molecule has 2 rings (SSSR count). The molecule has 0 bridgehead atoms. The van der Waals surface area contributed by atoms with Gasteiger partial charge in [0.15, 0.2) is 6.10 Å². The maximum Gasteiger partial charge on any atom is 0.335 e. The van der Waals surface area contributed by atoms with Gasteiger partial charge in [-0.05, 0) is 18.2 Å². The molecule has 1 aliphatic rings. The number of halogens is 1. The van der Waals surface area contributed by atoms with Crippen LogP contribution in [0.15, 0.2) is 18.2 Å². The van der Waals surface area contributed by atoms with E-state index in [0.29, 0.717) is 13.2 Å².